The Kier molecular flexibility index (Phi) is 10.1. The molecule has 0 aliphatic carbocycles. The highest BCUT2D eigenvalue weighted by Crippen LogP contribution is 2.42. The van der Waals surface area contributed by atoms with Gasteiger partial charge in [-0.15, -0.1) is 0 Å². The van der Waals surface area contributed by atoms with Gasteiger partial charge in [0, 0.05) is 0 Å². The molecule has 0 aliphatic heterocycles. The largest absolute Gasteiger partial charge is 0.458 e. The monoisotopic (exact) mass is 493 g/mol. The molecular weight excluding hydrogens is 459 g/mol. The first-order chi connectivity index (χ1) is 14.9. The van der Waals surface area contributed by atoms with E-state index in [0.29, 0.717) is 0 Å². The Balaban J connectivity index is 2.75. The zero-order valence-electron chi connectivity index (χ0n) is 19.9. The van der Waals surface area contributed by atoms with Crippen LogP contribution in [0.25, 0.3) is 0 Å². The predicted molar refractivity (Wildman–Crippen MR) is 122 cm³/mol. The molecule has 2 N–H and O–H groups in total. The first-order valence-corrected chi connectivity index (χ1v) is 11.7. The second kappa shape index (κ2) is 11.5. The number of alkyl carbamates (subject to hydrolysis) is 1. The number of benzene rings is 1. The lowest BCUT2D eigenvalue weighted by atomic mass is 9.90. The van der Waals surface area contributed by atoms with Gasteiger partial charge in [-0.05, 0) is 71.5 Å². The molecule has 1 amide bonds. The molecule has 0 bridgehead atoms. The van der Waals surface area contributed by atoms with E-state index in [0.717, 1.165) is 11.8 Å². The fourth-order valence-corrected chi connectivity index (χ4v) is 3.80. The van der Waals surface area contributed by atoms with Crippen molar-refractivity contribution in [2.45, 2.75) is 83.4 Å². The molecular formula is C23H34F3NO5S. The van der Waals surface area contributed by atoms with Crippen molar-refractivity contribution in [2.24, 2.45) is 0 Å². The van der Waals surface area contributed by atoms with Crippen LogP contribution in [0.4, 0.5) is 18.0 Å². The number of carbonyl (C=O) groups is 2. The van der Waals surface area contributed by atoms with E-state index in [2.05, 4.69) is 5.32 Å². The Morgan fingerprint density at radius 2 is 1.52 bits per heavy atom. The van der Waals surface area contributed by atoms with Crippen LogP contribution in [0.15, 0.2) is 30.3 Å². The van der Waals surface area contributed by atoms with Gasteiger partial charge in [-0.3, -0.25) is 0 Å². The van der Waals surface area contributed by atoms with Crippen LogP contribution in [0, 0.1) is 0 Å². The van der Waals surface area contributed by atoms with Crippen molar-refractivity contribution in [3.8, 4) is 0 Å². The van der Waals surface area contributed by atoms with Crippen LogP contribution >= 0.6 is 11.8 Å². The quantitative estimate of drug-likeness (QED) is 0.364. The fraction of sp³-hybridized carbons (Fsp3) is 0.652. The van der Waals surface area contributed by atoms with Gasteiger partial charge >= 0.3 is 18.2 Å². The SMILES string of the molecule is CC(C)(C)OC(=O)N[C@@H](CCSCCC(O)(c1ccccc1)C(F)(F)F)C(=O)OC(C)(C)C. The molecule has 0 saturated heterocycles. The van der Waals surface area contributed by atoms with E-state index in [1.54, 1.807) is 47.6 Å². The Hall–Kier alpha value is -1.94. The van der Waals surface area contributed by atoms with Crippen molar-refractivity contribution in [1.82, 2.24) is 5.32 Å². The van der Waals surface area contributed by atoms with Crippen LogP contribution in [0.3, 0.4) is 0 Å². The van der Waals surface area contributed by atoms with E-state index in [4.69, 9.17) is 9.47 Å². The number of carbonyl (C=O) groups excluding carboxylic acids is 2. The van der Waals surface area contributed by atoms with Crippen LogP contribution in [-0.2, 0) is 19.9 Å². The van der Waals surface area contributed by atoms with Gasteiger partial charge in [-0.25, -0.2) is 9.59 Å². The summed E-state index contributed by atoms with van der Waals surface area (Å²) in [6.45, 7) is 10.1. The van der Waals surface area contributed by atoms with Crippen molar-refractivity contribution in [2.75, 3.05) is 11.5 Å². The van der Waals surface area contributed by atoms with Crippen LogP contribution in [0.5, 0.6) is 0 Å². The minimum Gasteiger partial charge on any atom is -0.458 e. The van der Waals surface area contributed by atoms with Gasteiger partial charge in [0.2, 0.25) is 0 Å². The molecule has 33 heavy (non-hydrogen) atoms. The van der Waals surface area contributed by atoms with Gasteiger partial charge in [0.1, 0.15) is 17.2 Å². The maximum absolute atomic E-state index is 13.6. The molecule has 188 valence electrons. The Labute approximate surface area is 197 Å². The van der Waals surface area contributed by atoms with Crippen molar-refractivity contribution in [3.63, 3.8) is 0 Å². The van der Waals surface area contributed by atoms with Gasteiger partial charge in [0.05, 0.1) is 0 Å². The van der Waals surface area contributed by atoms with Crippen LogP contribution < -0.4 is 5.32 Å². The molecule has 6 nitrogen and oxygen atoms in total. The number of ether oxygens (including phenoxy) is 2. The van der Waals surface area contributed by atoms with E-state index in [9.17, 15) is 27.9 Å². The summed E-state index contributed by atoms with van der Waals surface area (Å²) in [6.07, 6.45) is -6.07. The number of hydrogen-bond acceptors (Lipinski definition) is 6. The number of aliphatic hydroxyl groups is 1. The van der Waals surface area contributed by atoms with Crippen LogP contribution in [0.1, 0.15) is 59.9 Å². The maximum atomic E-state index is 13.6. The predicted octanol–water partition coefficient (Wildman–Crippen LogP) is 5.18. The van der Waals surface area contributed by atoms with Gasteiger partial charge < -0.3 is 19.9 Å². The molecule has 1 aromatic rings. The first-order valence-electron chi connectivity index (χ1n) is 10.6. The average molecular weight is 494 g/mol. The van der Waals surface area contributed by atoms with Gasteiger partial charge in [-0.2, -0.15) is 24.9 Å². The number of nitrogens with one attached hydrogen (secondary N) is 1. The summed E-state index contributed by atoms with van der Waals surface area (Å²) in [7, 11) is 0. The Bertz CT molecular complexity index is 775. The lowest BCUT2D eigenvalue weighted by molar-refractivity contribution is -0.267. The van der Waals surface area contributed by atoms with Gasteiger partial charge in [0.15, 0.2) is 5.60 Å². The molecule has 0 saturated carbocycles. The summed E-state index contributed by atoms with van der Waals surface area (Å²) in [5.41, 5.74) is -4.75. The lowest BCUT2D eigenvalue weighted by Crippen LogP contribution is -2.46. The van der Waals surface area contributed by atoms with E-state index < -0.39 is 47.5 Å². The minimum absolute atomic E-state index is 0.0155. The van der Waals surface area contributed by atoms with E-state index >= 15 is 0 Å². The Morgan fingerprint density at radius 1 is 0.970 bits per heavy atom. The number of rotatable bonds is 9. The zero-order chi connectivity index (χ0) is 25.5. The Morgan fingerprint density at radius 3 is 2.00 bits per heavy atom. The average Bonchev–Trinajstić information content (AvgIpc) is 2.63. The summed E-state index contributed by atoms with van der Waals surface area (Å²) < 4.78 is 51.3. The highest BCUT2D eigenvalue weighted by Gasteiger charge is 2.54. The molecule has 1 unspecified atom stereocenters. The minimum atomic E-state index is -4.84. The van der Waals surface area contributed by atoms with Crippen LogP contribution in [0.2, 0.25) is 0 Å². The zero-order valence-corrected chi connectivity index (χ0v) is 20.7. The molecule has 0 aromatic heterocycles. The summed E-state index contributed by atoms with van der Waals surface area (Å²) in [6, 6.07) is 5.90. The third-order valence-electron chi connectivity index (χ3n) is 4.26. The summed E-state index contributed by atoms with van der Waals surface area (Å²) in [5, 5.41) is 12.9. The number of amides is 1. The molecule has 0 aliphatic rings. The summed E-state index contributed by atoms with van der Waals surface area (Å²) in [4.78, 5) is 24.6. The number of esters is 1. The maximum Gasteiger partial charge on any atom is 0.421 e. The fourth-order valence-electron chi connectivity index (χ4n) is 2.76. The van der Waals surface area contributed by atoms with E-state index in [1.807, 2.05) is 0 Å². The standard InChI is InChI=1S/C23H34F3NO5S/c1-20(2,3)31-18(28)17(27-19(29)32-21(4,5)6)12-14-33-15-13-22(30,23(24,25)26)16-10-8-7-9-11-16/h7-11,17,30H,12-15H2,1-6H3,(H,27,29)/t17-,22?/m0/s1. The molecule has 1 rings (SSSR count). The van der Waals surface area contributed by atoms with Gasteiger partial charge in [0.25, 0.3) is 0 Å². The normalized spacial score (nSPS) is 15.3. The highest BCUT2D eigenvalue weighted by molar-refractivity contribution is 7.99. The molecule has 1 aromatic carbocycles. The first kappa shape index (κ1) is 29.1. The second-order valence-corrected chi connectivity index (χ2v) is 10.8. The summed E-state index contributed by atoms with van der Waals surface area (Å²) >= 11 is 1.13. The molecule has 0 spiro atoms. The molecule has 2 atom stereocenters. The van der Waals surface area contributed by atoms with E-state index in [1.165, 1.54) is 24.3 Å². The third kappa shape index (κ3) is 10.2. The molecule has 0 heterocycles. The summed E-state index contributed by atoms with van der Waals surface area (Å²) in [5.74, 6) is -0.425. The third-order valence-corrected chi connectivity index (χ3v) is 5.28. The number of thioether (sulfide) groups is 1. The number of hydrogen-bond donors (Lipinski definition) is 2. The van der Waals surface area contributed by atoms with E-state index in [-0.39, 0.29) is 23.5 Å². The van der Waals surface area contributed by atoms with Crippen molar-refractivity contribution in [1.29, 1.82) is 0 Å². The molecule has 0 fully saturated rings. The molecule has 0 radical (unpaired) electrons. The smallest absolute Gasteiger partial charge is 0.421 e. The van der Waals surface area contributed by atoms with Crippen molar-refractivity contribution in [3.05, 3.63) is 35.9 Å². The second-order valence-electron chi connectivity index (χ2n) is 9.61. The van der Waals surface area contributed by atoms with Gasteiger partial charge in [-0.1, -0.05) is 30.3 Å². The highest BCUT2D eigenvalue weighted by atomic mass is 32.2. The van der Waals surface area contributed by atoms with Crippen LogP contribution in [-0.4, -0.2) is 52.1 Å². The van der Waals surface area contributed by atoms with Crippen molar-refractivity contribution < 1.29 is 37.3 Å². The topological polar surface area (TPSA) is 84.9 Å². The van der Waals surface area contributed by atoms with Crippen molar-refractivity contribution >= 4 is 23.8 Å². The molecule has 10 heteroatoms. The lowest BCUT2D eigenvalue weighted by Gasteiger charge is -2.31. The number of alkyl halides is 3. The number of halogens is 3.